The Morgan fingerprint density at radius 1 is 1.03 bits per heavy atom. The highest BCUT2D eigenvalue weighted by Gasteiger charge is 2.18. The highest BCUT2D eigenvalue weighted by Crippen LogP contribution is 2.22. The Morgan fingerprint density at radius 3 is 2.53 bits per heavy atom. The van der Waals surface area contributed by atoms with Gasteiger partial charge in [0.1, 0.15) is 5.82 Å². The fourth-order valence-electron chi connectivity index (χ4n) is 3.15. The summed E-state index contributed by atoms with van der Waals surface area (Å²) in [6.45, 7) is 3.94. The van der Waals surface area contributed by atoms with Crippen LogP contribution < -0.4 is 11.0 Å². The minimum atomic E-state index is -0.649. The quantitative estimate of drug-likeness (QED) is 0.514. The Morgan fingerprint density at radius 2 is 1.80 bits per heavy atom. The lowest BCUT2D eigenvalue weighted by molar-refractivity contribution is 0.101. The van der Waals surface area contributed by atoms with E-state index in [9.17, 15) is 14.0 Å². The van der Waals surface area contributed by atoms with Crippen molar-refractivity contribution in [3.05, 3.63) is 98.5 Å². The topological polar surface area (TPSA) is 64.0 Å². The lowest BCUT2D eigenvalue weighted by Crippen LogP contribution is -2.35. The van der Waals surface area contributed by atoms with Gasteiger partial charge in [-0.25, -0.2) is 9.37 Å². The summed E-state index contributed by atoms with van der Waals surface area (Å²) in [7, 11) is 0. The van der Waals surface area contributed by atoms with E-state index < -0.39 is 17.3 Å². The van der Waals surface area contributed by atoms with Gasteiger partial charge in [-0.1, -0.05) is 35.9 Å². The minimum Gasteiger partial charge on any atom is -0.267 e. The number of nitrogens with one attached hydrogen (secondary N) is 1. The molecule has 0 spiro atoms. The van der Waals surface area contributed by atoms with E-state index in [4.69, 9.17) is 11.6 Å². The summed E-state index contributed by atoms with van der Waals surface area (Å²) in [4.78, 5) is 30.6. The summed E-state index contributed by atoms with van der Waals surface area (Å²) < 4.78 is 14.5. The van der Waals surface area contributed by atoms with Crippen LogP contribution in [0.25, 0.3) is 22.3 Å². The molecule has 5 nitrogen and oxygen atoms in total. The number of amides is 1. The molecular formula is C23H17ClFN3O2. The number of aryl methyl sites for hydroxylation is 2. The van der Waals surface area contributed by atoms with E-state index in [-0.39, 0.29) is 16.4 Å². The second kappa shape index (κ2) is 7.72. The molecule has 0 aliphatic rings. The maximum absolute atomic E-state index is 13.4. The van der Waals surface area contributed by atoms with Crippen LogP contribution in [0.4, 0.5) is 4.39 Å². The molecule has 0 saturated heterocycles. The second-order valence-corrected chi connectivity index (χ2v) is 7.36. The van der Waals surface area contributed by atoms with E-state index in [0.717, 1.165) is 27.9 Å². The highest BCUT2D eigenvalue weighted by molar-refractivity contribution is 6.34. The Hall–Kier alpha value is -3.51. The average Bonchev–Trinajstić information content (AvgIpc) is 2.72. The number of halogens is 2. The number of carbonyl (C=O) groups excluding carboxylic acids is 1. The van der Waals surface area contributed by atoms with Gasteiger partial charge in [0.15, 0.2) is 5.82 Å². The second-order valence-electron chi connectivity index (χ2n) is 6.96. The van der Waals surface area contributed by atoms with E-state index >= 15 is 0 Å². The van der Waals surface area contributed by atoms with Crippen LogP contribution in [0.2, 0.25) is 5.02 Å². The van der Waals surface area contributed by atoms with Gasteiger partial charge in [0.25, 0.3) is 11.5 Å². The van der Waals surface area contributed by atoms with Crippen molar-refractivity contribution in [1.82, 2.24) is 9.66 Å². The van der Waals surface area contributed by atoms with E-state index in [2.05, 4.69) is 10.4 Å². The molecule has 4 aromatic rings. The van der Waals surface area contributed by atoms with E-state index in [0.29, 0.717) is 16.5 Å². The van der Waals surface area contributed by atoms with Gasteiger partial charge in [-0.3, -0.25) is 15.0 Å². The van der Waals surface area contributed by atoms with Gasteiger partial charge < -0.3 is 0 Å². The Labute approximate surface area is 176 Å². The molecule has 0 radical (unpaired) electrons. The smallest absolute Gasteiger partial charge is 0.267 e. The fraction of sp³-hybridized carbons (Fsp3) is 0.0870. The van der Waals surface area contributed by atoms with Crippen LogP contribution in [0.15, 0.2) is 65.5 Å². The third-order valence-electron chi connectivity index (χ3n) is 4.93. The van der Waals surface area contributed by atoms with Crippen LogP contribution in [-0.4, -0.2) is 15.6 Å². The van der Waals surface area contributed by atoms with Crippen molar-refractivity contribution in [2.24, 2.45) is 0 Å². The van der Waals surface area contributed by atoms with Gasteiger partial charge in [0.2, 0.25) is 0 Å². The third kappa shape index (κ3) is 3.57. The first-order chi connectivity index (χ1) is 14.3. The standard InChI is InChI=1S/C23H17ClFN3O2/c1-13-7-8-15(11-14(13)2)21-26-20-6-4-3-5-18(20)23(30)28(21)27-22(29)17-10-9-16(25)12-19(17)24/h3-12H,1-2H3,(H,27,29). The van der Waals surface area contributed by atoms with E-state index in [1.165, 1.54) is 6.07 Å². The first kappa shape index (κ1) is 19.8. The van der Waals surface area contributed by atoms with Gasteiger partial charge in [0.05, 0.1) is 21.5 Å². The molecule has 30 heavy (non-hydrogen) atoms. The monoisotopic (exact) mass is 421 g/mol. The van der Waals surface area contributed by atoms with Gasteiger partial charge in [-0.15, -0.1) is 0 Å². The molecule has 3 aromatic carbocycles. The molecule has 0 aliphatic heterocycles. The zero-order valence-electron chi connectivity index (χ0n) is 16.2. The molecule has 1 aromatic heterocycles. The van der Waals surface area contributed by atoms with Crippen molar-refractivity contribution < 1.29 is 9.18 Å². The summed E-state index contributed by atoms with van der Waals surface area (Å²) in [5, 5.41) is 0.303. The molecule has 1 N–H and O–H groups in total. The Balaban J connectivity index is 1.90. The van der Waals surface area contributed by atoms with Gasteiger partial charge >= 0.3 is 0 Å². The van der Waals surface area contributed by atoms with Crippen molar-refractivity contribution in [3.63, 3.8) is 0 Å². The summed E-state index contributed by atoms with van der Waals surface area (Å²) >= 11 is 6.02. The fourth-order valence-corrected chi connectivity index (χ4v) is 3.40. The number of para-hydroxylation sites is 1. The van der Waals surface area contributed by atoms with Crippen LogP contribution in [0, 0.1) is 19.7 Å². The molecule has 0 atom stereocenters. The maximum atomic E-state index is 13.4. The molecule has 1 amide bonds. The molecule has 150 valence electrons. The van der Waals surface area contributed by atoms with Crippen molar-refractivity contribution in [3.8, 4) is 11.4 Å². The first-order valence-corrected chi connectivity index (χ1v) is 9.59. The predicted octanol–water partition coefficient (Wildman–Crippen LogP) is 4.86. The number of fused-ring (bicyclic) bond motifs is 1. The largest absolute Gasteiger partial charge is 0.280 e. The first-order valence-electron chi connectivity index (χ1n) is 9.21. The number of rotatable bonds is 3. The van der Waals surface area contributed by atoms with E-state index in [1.54, 1.807) is 24.3 Å². The normalized spacial score (nSPS) is 10.9. The van der Waals surface area contributed by atoms with Crippen LogP contribution >= 0.6 is 11.6 Å². The summed E-state index contributed by atoms with van der Waals surface area (Å²) in [6.07, 6.45) is 0. The molecule has 7 heteroatoms. The summed E-state index contributed by atoms with van der Waals surface area (Å²) in [5.41, 5.74) is 5.49. The van der Waals surface area contributed by atoms with Crippen LogP contribution in [0.5, 0.6) is 0 Å². The maximum Gasteiger partial charge on any atom is 0.280 e. The van der Waals surface area contributed by atoms with E-state index in [1.807, 2.05) is 32.0 Å². The van der Waals surface area contributed by atoms with Crippen molar-refractivity contribution in [2.75, 3.05) is 5.43 Å². The number of nitrogens with zero attached hydrogens (tertiary/aromatic N) is 2. The number of hydrogen-bond acceptors (Lipinski definition) is 3. The lowest BCUT2D eigenvalue weighted by Gasteiger charge is -2.16. The van der Waals surface area contributed by atoms with Gasteiger partial charge in [0, 0.05) is 5.56 Å². The van der Waals surface area contributed by atoms with Crippen molar-refractivity contribution in [1.29, 1.82) is 0 Å². The molecule has 4 rings (SSSR count). The summed E-state index contributed by atoms with van der Waals surface area (Å²) in [6, 6.07) is 16.0. The summed E-state index contributed by atoms with van der Waals surface area (Å²) in [5.74, 6) is -0.922. The van der Waals surface area contributed by atoms with Crippen molar-refractivity contribution >= 4 is 28.4 Å². The molecule has 0 fully saturated rings. The number of hydrogen-bond donors (Lipinski definition) is 1. The molecule has 0 aliphatic carbocycles. The Bertz CT molecular complexity index is 1360. The average molecular weight is 422 g/mol. The molecule has 0 bridgehead atoms. The lowest BCUT2D eigenvalue weighted by atomic mass is 10.1. The zero-order chi connectivity index (χ0) is 21.4. The number of carbonyl (C=O) groups is 1. The number of benzene rings is 3. The van der Waals surface area contributed by atoms with Gasteiger partial charge in [-0.2, -0.15) is 4.68 Å². The molecule has 1 heterocycles. The highest BCUT2D eigenvalue weighted by atomic mass is 35.5. The van der Waals surface area contributed by atoms with Crippen LogP contribution in [0.3, 0.4) is 0 Å². The predicted molar refractivity (Wildman–Crippen MR) is 116 cm³/mol. The van der Waals surface area contributed by atoms with Gasteiger partial charge in [-0.05, 0) is 61.4 Å². The SMILES string of the molecule is Cc1ccc(-c2nc3ccccc3c(=O)n2NC(=O)c2ccc(F)cc2Cl)cc1C. The zero-order valence-corrected chi connectivity index (χ0v) is 17.0. The molecule has 0 saturated carbocycles. The Kier molecular flexibility index (Phi) is 5.10. The number of aromatic nitrogens is 2. The molecular weight excluding hydrogens is 405 g/mol. The van der Waals surface area contributed by atoms with Crippen molar-refractivity contribution in [2.45, 2.75) is 13.8 Å². The molecule has 0 unspecified atom stereocenters. The van der Waals surface area contributed by atoms with Crippen LogP contribution in [-0.2, 0) is 0 Å². The minimum absolute atomic E-state index is 0.0455. The van der Waals surface area contributed by atoms with Crippen LogP contribution in [0.1, 0.15) is 21.5 Å². The third-order valence-corrected chi connectivity index (χ3v) is 5.24.